The number of carbonyl (C=O) groups is 2. The first-order chi connectivity index (χ1) is 10.2. The van der Waals surface area contributed by atoms with E-state index in [1.807, 2.05) is 6.92 Å². The van der Waals surface area contributed by atoms with Crippen molar-refractivity contribution >= 4 is 11.8 Å². The van der Waals surface area contributed by atoms with E-state index in [1.54, 1.807) is 4.90 Å². The second kappa shape index (κ2) is 8.37. The average molecular weight is 296 g/mol. The molecule has 0 bridgehead atoms. The van der Waals surface area contributed by atoms with E-state index in [0.717, 1.165) is 13.0 Å². The molecule has 5 heteroatoms. The van der Waals surface area contributed by atoms with Crippen LogP contribution in [0, 0.1) is 5.92 Å². The van der Waals surface area contributed by atoms with Gasteiger partial charge in [-0.3, -0.25) is 9.59 Å². The van der Waals surface area contributed by atoms with Crippen LogP contribution in [0.25, 0.3) is 0 Å². The zero-order valence-corrected chi connectivity index (χ0v) is 13.1. The fourth-order valence-corrected chi connectivity index (χ4v) is 3.16. The zero-order chi connectivity index (χ0) is 15.1. The Morgan fingerprint density at radius 2 is 2.10 bits per heavy atom. The van der Waals surface area contributed by atoms with Gasteiger partial charge in [-0.1, -0.05) is 19.3 Å². The number of nitrogens with one attached hydrogen (secondary N) is 1. The molecule has 1 N–H and O–H groups in total. The van der Waals surface area contributed by atoms with Gasteiger partial charge in [0.25, 0.3) is 0 Å². The maximum Gasteiger partial charge on any atom is 0.225 e. The van der Waals surface area contributed by atoms with Crippen molar-refractivity contribution in [1.82, 2.24) is 10.2 Å². The van der Waals surface area contributed by atoms with Gasteiger partial charge in [-0.05, 0) is 26.2 Å². The van der Waals surface area contributed by atoms with Crippen LogP contribution in [0.15, 0.2) is 0 Å². The van der Waals surface area contributed by atoms with Crippen LogP contribution in [0.1, 0.15) is 51.9 Å². The van der Waals surface area contributed by atoms with E-state index in [4.69, 9.17) is 4.74 Å². The molecule has 120 valence electrons. The van der Waals surface area contributed by atoms with Crippen molar-refractivity contribution in [3.8, 4) is 0 Å². The summed E-state index contributed by atoms with van der Waals surface area (Å²) in [6.45, 7) is 4.57. The highest BCUT2D eigenvalue weighted by Crippen LogP contribution is 2.20. The first kappa shape index (κ1) is 16.3. The maximum atomic E-state index is 12.0. The molecule has 1 aliphatic carbocycles. The Balaban J connectivity index is 1.54. The minimum Gasteiger partial charge on any atom is -0.378 e. The smallest absolute Gasteiger partial charge is 0.225 e. The Morgan fingerprint density at radius 1 is 1.33 bits per heavy atom. The number of ether oxygens (including phenoxy) is 1. The van der Waals surface area contributed by atoms with E-state index >= 15 is 0 Å². The topological polar surface area (TPSA) is 58.6 Å². The summed E-state index contributed by atoms with van der Waals surface area (Å²) in [5.41, 5.74) is 0. The lowest BCUT2D eigenvalue weighted by atomic mass is 9.98. The SMILES string of the molecule is CCN1CC(C(=O)NCCCOC2CCCCC2)CC1=O. The highest BCUT2D eigenvalue weighted by molar-refractivity contribution is 5.89. The molecule has 2 amide bonds. The van der Waals surface area contributed by atoms with Crippen LogP contribution in [0.4, 0.5) is 0 Å². The summed E-state index contributed by atoms with van der Waals surface area (Å²) in [7, 11) is 0. The number of rotatable bonds is 7. The van der Waals surface area contributed by atoms with Crippen molar-refractivity contribution in [2.75, 3.05) is 26.2 Å². The lowest BCUT2D eigenvalue weighted by molar-refractivity contribution is -0.128. The molecule has 1 saturated carbocycles. The van der Waals surface area contributed by atoms with Gasteiger partial charge in [0.1, 0.15) is 0 Å². The zero-order valence-electron chi connectivity index (χ0n) is 13.1. The van der Waals surface area contributed by atoms with Gasteiger partial charge < -0.3 is 15.0 Å². The Bertz CT molecular complexity index is 353. The minimum atomic E-state index is -0.170. The van der Waals surface area contributed by atoms with Crippen molar-refractivity contribution in [1.29, 1.82) is 0 Å². The van der Waals surface area contributed by atoms with Crippen LogP contribution in [-0.2, 0) is 14.3 Å². The van der Waals surface area contributed by atoms with Crippen molar-refractivity contribution in [2.45, 2.75) is 58.0 Å². The standard InChI is InChI=1S/C16H28N2O3/c1-2-18-12-13(11-15(18)19)16(20)17-9-6-10-21-14-7-4-3-5-8-14/h13-14H,2-12H2,1H3,(H,17,20). The molecule has 0 aromatic heterocycles. The van der Waals surface area contributed by atoms with E-state index in [0.29, 0.717) is 32.2 Å². The highest BCUT2D eigenvalue weighted by Gasteiger charge is 2.32. The van der Waals surface area contributed by atoms with Crippen LogP contribution in [0.3, 0.4) is 0 Å². The molecule has 2 aliphatic rings. The Labute approximate surface area is 127 Å². The van der Waals surface area contributed by atoms with Crippen molar-refractivity contribution < 1.29 is 14.3 Å². The van der Waals surface area contributed by atoms with E-state index in [2.05, 4.69) is 5.32 Å². The third-order valence-corrected chi connectivity index (χ3v) is 4.49. The van der Waals surface area contributed by atoms with Gasteiger partial charge in [0.05, 0.1) is 12.0 Å². The summed E-state index contributed by atoms with van der Waals surface area (Å²) in [6, 6.07) is 0. The molecular weight excluding hydrogens is 268 g/mol. The van der Waals surface area contributed by atoms with Gasteiger partial charge in [-0.15, -0.1) is 0 Å². The van der Waals surface area contributed by atoms with Crippen molar-refractivity contribution in [2.24, 2.45) is 5.92 Å². The molecule has 21 heavy (non-hydrogen) atoms. The number of hydrogen-bond acceptors (Lipinski definition) is 3. The normalized spacial score (nSPS) is 23.6. The fourth-order valence-electron chi connectivity index (χ4n) is 3.16. The molecule has 1 aliphatic heterocycles. The van der Waals surface area contributed by atoms with Crippen LogP contribution < -0.4 is 5.32 Å². The lowest BCUT2D eigenvalue weighted by Crippen LogP contribution is -2.34. The number of likely N-dealkylation sites (tertiary alicyclic amines) is 1. The van der Waals surface area contributed by atoms with Gasteiger partial charge in [-0.2, -0.15) is 0 Å². The Hall–Kier alpha value is -1.10. The maximum absolute atomic E-state index is 12.0. The van der Waals surface area contributed by atoms with Gasteiger partial charge in [-0.25, -0.2) is 0 Å². The van der Waals surface area contributed by atoms with Crippen molar-refractivity contribution in [3.05, 3.63) is 0 Å². The molecule has 0 aromatic carbocycles. The molecule has 0 radical (unpaired) electrons. The second-order valence-corrected chi connectivity index (χ2v) is 6.11. The van der Waals surface area contributed by atoms with E-state index < -0.39 is 0 Å². The minimum absolute atomic E-state index is 0.0111. The molecule has 2 fully saturated rings. The Morgan fingerprint density at radius 3 is 2.76 bits per heavy atom. The molecule has 1 atom stereocenters. The average Bonchev–Trinajstić information content (AvgIpc) is 2.89. The first-order valence-corrected chi connectivity index (χ1v) is 8.37. The lowest BCUT2D eigenvalue weighted by Gasteiger charge is -2.22. The predicted molar refractivity (Wildman–Crippen MR) is 80.8 cm³/mol. The molecular formula is C16H28N2O3. The molecule has 1 saturated heterocycles. The third kappa shape index (κ3) is 4.99. The summed E-state index contributed by atoms with van der Waals surface area (Å²) in [4.78, 5) is 25.3. The number of nitrogens with zero attached hydrogens (tertiary/aromatic N) is 1. The molecule has 5 nitrogen and oxygen atoms in total. The summed E-state index contributed by atoms with van der Waals surface area (Å²) in [5.74, 6) is -0.0630. The predicted octanol–water partition coefficient (Wildman–Crippen LogP) is 1.71. The summed E-state index contributed by atoms with van der Waals surface area (Å²) in [6.07, 6.45) is 7.91. The van der Waals surface area contributed by atoms with Gasteiger partial charge in [0.2, 0.25) is 11.8 Å². The third-order valence-electron chi connectivity index (χ3n) is 4.49. The highest BCUT2D eigenvalue weighted by atomic mass is 16.5. The van der Waals surface area contributed by atoms with E-state index in [9.17, 15) is 9.59 Å². The monoisotopic (exact) mass is 296 g/mol. The van der Waals surface area contributed by atoms with Crippen LogP contribution >= 0.6 is 0 Å². The largest absolute Gasteiger partial charge is 0.378 e. The summed E-state index contributed by atoms with van der Waals surface area (Å²) in [5, 5.41) is 2.93. The molecule has 1 heterocycles. The van der Waals surface area contributed by atoms with Crippen LogP contribution in [0.5, 0.6) is 0 Å². The Kier molecular flexibility index (Phi) is 6.49. The summed E-state index contributed by atoms with van der Waals surface area (Å²) >= 11 is 0. The molecule has 1 unspecified atom stereocenters. The van der Waals surface area contributed by atoms with Crippen LogP contribution in [0.2, 0.25) is 0 Å². The van der Waals surface area contributed by atoms with Gasteiger partial charge in [0.15, 0.2) is 0 Å². The number of carbonyl (C=O) groups excluding carboxylic acids is 2. The van der Waals surface area contributed by atoms with Gasteiger partial charge in [0, 0.05) is 32.7 Å². The summed E-state index contributed by atoms with van der Waals surface area (Å²) < 4.78 is 5.83. The molecule has 0 spiro atoms. The van der Waals surface area contributed by atoms with E-state index in [1.165, 1.54) is 32.1 Å². The van der Waals surface area contributed by atoms with Gasteiger partial charge >= 0.3 is 0 Å². The molecule has 2 rings (SSSR count). The number of hydrogen-bond donors (Lipinski definition) is 1. The second-order valence-electron chi connectivity index (χ2n) is 6.11. The van der Waals surface area contributed by atoms with Crippen LogP contribution in [-0.4, -0.2) is 49.1 Å². The fraction of sp³-hybridized carbons (Fsp3) is 0.875. The quantitative estimate of drug-likeness (QED) is 0.728. The first-order valence-electron chi connectivity index (χ1n) is 8.37. The molecule has 0 aromatic rings. The number of amides is 2. The van der Waals surface area contributed by atoms with Crippen molar-refractivity contribution in [3.63, 3.8) is 0 Å². The van der Waals surface area contributed by atoms with E-state index in [-0.39, 0.29) is 17.7 Å².